The number of nitrogens with two attached hydrogens (primary N) is 1. The van der Waals surface area contributed by atoms with Crippen LogP contribution in [0, 0.1) is 0 Å². The van der Waals surface area contributed by atoms with Crippen molar-refractivity contribution in [1.29, 1.82) is 0 Å². The van der Waals surface area contributed by atoms with Gasteiger partial charge in [-0.3, -0.25) is 9.78 Å². The SMILES string of the molecule is NCC(F)(F)CNS(=O)(=O)c1c[nH]c(=O)[nH]c1=O. The third kappa shape index (κ3) is 3.45. The fourth-order valence-electron chi connectivity index (χ4n) is 0.948. The Morgan fingerprint density at radius 3 is 2.50 bits per heavy atom. The van der Waals surface area contributed by atoms with Crippen LogP contribution in [0.25, 0.3) is 0 Å². The molecule has 0 spiro atoms. The number of hydrogen-bond donors (Lipinski definition) is 4. The summed E-state index contributed by atoms with van der Waals surface area (Å²) in [5, 5.41) is 0. The van der Waals surface area contributed by atoms with E-state index in [0.717, 1.165) is 0 Å². The molecule has 0 bridgehead atoms. The van der Waals surface area contributed by atoms with Crippen molar-refractivity contribution in [1.82, 2.24) is 14.7 Å². The molecule has 102 valence electrons. The fraction of sp³-hybridized carbons (Fsp3) is 0.429. The summed E-state index contributed by atoms with van der Waals surface area (Å²) in [6.07, 6.45) is 0.615. The van der Waals surface area contributed by atoms with Crippen LogP contribution < -0.4 is 21.7 Å². The topological polar surface area (TPSA) is 138 Å². The van der Waals surface area contributed by atoms with Gasteiger partial charge in [-0.05, 0) is 0 Å². The highest BCUT2D eigenvalue weighted by atomic mass is 32.2. The summed E-state index contributed by atoms with van der Waals surface area (Å²) in [5.41, 5.74) is 2.61. The molecule has 5 N–H and O–H groups in total. The van der Waals surface area contributed by atoms with E-state index in [4.69, 9.17) is 5.73 Å². The van der Waals surface area contributed by atoms with Gasteiger partial charge in [-0.1, -0.05) is 0 Å². The van der Waals surface area contributed by atoms with Gasteiger partial charge in [-0.2, -0.15) is 0 Å². The number of halogens is 2. The zero-order valence-electron chi connectivity index (χ0n) is 8.87. The molecular formula is C7H10F2N4O4S. The molecule has 11 heteroatoms. The average Bonchev–Trinajstić information content (AvgIpc) is 2.26. The highest BCUT2D eigenvalue weighted by Crippen LogP contribution is 2.10. The molecule has 1 rings (SSSR count). The van der Waals surface area contributed by atoms with Gasteiger partial charge in [0.25, 0.3) is 11.5 Å². The first-order valence-corrected chi connectivity index (χ1v) is 6.06. The molecule has 1 heterocycles. The monoisotopic (exact) mass is 284 g/mol. The zero-order chi connectivity index (χ0) is 14.0. The van der Waals surface area contributed by atoms with Crippen molar-refractivity contribution in [3.05, 3.63) is 27.0 Å². The van der Waals surface area contributed by atoms with Crippen molar-refractivity contribution in [3.63, 3.8) is 0 Å². The quantitative estimate of drug-likeness (QED) is 0.492. The molecule has 1 aromatic rings. The first kappa shape index (κ1) is 14.5. The van der Waals surface area contributed by atoms with Gasteiger partial charge in [0.05, 0.1) is 13.1 Å². The van der Waals surface area contributed by atoms with Crippen molar-refractivity contribution < 1.29 is 17.2 Å². The second-order valence-electron chi connectivity index (χ2n) is 3.32. The molecule has 8 nitrogen and oxygen atoms in total. The summed E-state index contributed by atoms with van der Waals surface area (Å²) in [6.45, 7) is -2.29. The van der Waals surface area contributed by atoms with E-state index in [1.54, 1.807) is 4.98 Å². The van der Waals surface area contributed by atoms with Crippen LogP contribution in [0.2, 0.25) is 0 Å². The Kier molecular flexibility index (Phi) is 3.98. The number of aromatic nitrogens is 2. The minimum Gasteiger partial charge on any atom is -0.325 e. The van der Waals surface area contributed by atoms with Crippen molar-refractivity contribution in [2.75, 3.05) is 13.1 Å². The number of H-pyrrole nitrogens is 2. The molecule has 0 radical (unpaired) electrons. The fourth-order valence-corrected chi connectivity index (χ4v) is 2.01. The minimum absolute atomic E-state index is 0.615. The molecule has 0 aliphatic heterocycles. The maximum atomic E-state index is 12.8. The van der Waals surface area contributed by atoms with Crippen LogP contribution in [0.1, 0.15) is 0 Å². The molecule has 0 aliphatic rings. The summed E-state index contributed by atoms with van der Waals surface area (Å²) in [6, 6.07) is 0. The second kappa shape index (κ2) is 4.96. The van der Waals surface area contributed by atoms with Crippen LogP contribution in [-0.4, -0.2) is 37.4 Å². The Morgan fingerprint density at radius 1 is 1.39 bits per heavy atom. The largest absolute Gasteiger partial charge is 0.325 e. The molecule has 0 fully saturated rings. The lowest BCUT2D eigenvalue weighted by atomic mass is 10.3. The van der Waals surface area contributed by atoms with E-state index in [0.29, 0.717) is 6.20 Å². The predicted octanol–water partition coefficient (Wildman–Crippen LogP) is -2.06. The molecule has 0 saturated carbocycles. The van der Waals surface area contributed by atoms with Crippen molar-refractivity contribution in [2.45, 2.75) is 10.8 Å². The zero-order valence-corrected chi connectivity index (χ0v) is 9.68. The van der Waals surface area contributed by atoms with Crippen LogP contribution >= 0.6 is 0 Å². The van der Waals surface area contributed by atoms with E-state index in [9.17, 15) is 26.8 Å². The van der Waals surface area contributed by atoms with Gasteiger partial charge in [0.15, 0.2) is 4.90 Å². The first-order chi connectivity index (χ1) is 8.18. The molecule has 0 aromatic carbocycles. The number of sulfonamides is 1. The van der Waals surface area contributed by atoms with Gasteiger partial charge in [0.1, 0.15) is 0 Å². The number of alkyl halides is 2. The molecule has 18 heavy (non-hydrogen) atoms. The van der Waals surface area contributed by atoms with Crippen LogP contribution in [-0.2, 0) is 10.0 Å². The first-order valence-electron chi connectivity index (χ1n) is 4.57. The molecule has 0 atom stereocenters. The van der Waals surface area contributed by atoms with Gasteiger partial charge in [-0.15, -0.1) is 0 Å². The van der Waals surface area contributed by atoms with Crippen molar-refractivity contribution >= 4 is 10.0 Å². The smallest absolute Gasteiger partial charge is 0.325 e. The van der Waals surface area contributed by atoms with Crippen LogP contribution in [0.4, 0.5) is 8.78 Å². The molecule has 0 aliphatic carbocycles. The Hall–Kier alpha value is -1.59. The van der Waals surface area contributed by atoms with E-state index in [1.807, 2.05) is 4.98 Å². The van der Waals surface area contributed by atoms with Gasteiger partial charge in [0, 0.05) is 6.20 Å². The van der Waals surface area contributed by atoms with E-state index in [2.05, 4.69) is 0 Å². The molecule has 0 saturated heterocycles. The van der Waals surface area contributed by atoms with Gasteiger partial charge in [-0.25, -0.2) is 26.7 Å². The summed E-state index contributed by atoms with van der Waals surface area (Å²) in [7, 11) is -4.45. The molecule has 0 amide bonds. The van der Waals surface area contributed by atoms with Gasteiger partial charge < -0.3 is 10.7 Å². The lowest BCUT2D eigenvalue weighted by Gasteiger charge is -2.14. The van der Waals surface area contributed by atoms with E-state index in [1.165, 1.54) is 4.72 Å². The van der Waals surface area contributed by atoms with Gasteiger partial charge in [0.2, 0.25) is 10.0 Å². The van der Waals surface area contributed by atoms with E-state index < -0.39 is 45.2 Å². The number of hydrogen-bond acceptors (Lipinski definition) is 5. The number of nitrogens with one attached hydrogen (secondary N) is 3. The third-order valence-electron chi connectivity index (χ3n) is 1.89. The number of rotatable bonds is 5. The lowest BCUT2D eigenvalue weighted by molar-refractivity contribution is 0.0170. The maximum Gasteiger partial charge on any atom is 0.325 e. The van der Waals surface area contributed by atoms with Crippen LogP contribution in [0.15, 0.2) is 20.7 Å². The Morgan fingerprint density at radius 2 is 2.00 bits per heavy atom. The average molecular weight is 284 g/mol. The van der Waals surface area contributed by atoms with Gasteiger partial charge >= 0.3 is 5.69 Å². The van der Waals surface area contributed by atoms with E-state index in [-0.39, 0.29) is 0 Å². The number of aromatic amines is 2. The Balaban J connectivity index is 3.01. The molecule has 1 aromatic heterocycles. The second-order valence-corrected chi connectivity index (χ2v) is 5.06. The highest BCUT2D eigenvalue weighted by molar-refractivity contribution is 7.89. The summed E-state index contributed by atoms with van der Waals surface area (Å²) >= 11 is 0. The van der Waals surface area contributed by atoms with E-state index >= 15 is 0 Å². The normalized spacial score (nSPS) is 12.6. The minimum atomic E-state index is -4.45. The lowest BCUT2D eigenvalue weighted by Crippen LogP contribution is -2.43. The summed E-state index contributed by atoms with van der Waals surface area (Å²) in [5.74, 6) is -3.43. The molecule has 0 unspecified atom stereocenters. The summed E-state index contributed by atoms with van der Waals surface area (Å²) < 4.78 is 50.1. The maximum absolute atomic E-state index is 12.8. The Bertz CT molecular complexity index is 635. The molecular weight excluding hydrogens is 274 g/mol. The van der Waals surface area contributed by atoms with Crippen molar-refractivity contribution in [2.24, 2.45) is 5.73 Å². The third-order valence-corrected chi connectivity index (χ3v) is 3.30. The van der Waals surface area contributed by atoms with Crippen LogP contribution in [0.5, 0.6) is 0 Å². The highest BCUT2D eigenvalue weighted by Gasteiger charge is 2.30. The van der Waals surface area contributed by atoms with Crippen molar-refractivity contribution in [3.8, 4) is 0 Å². The van der Waals surface area contributed by atoms with Crippen LogP contribution in [0.3, 0.4) is 0 Å². The standard InChI is InChI=1S/C7H10F2N4O4S/c8-7(9,2-10)3-12-18(16,17)4-1-11-6(15)13-5(4)14/h1,12H,2-3,10H2,(H2,11,13,14,15). The Labute approximate surface area is 99.3 Å². The summed E-state index contributed by atoms with van der Waals surface area (Å²) in [4.78, 5) is 24.6. The predicted molar refractivity (Wildman–Crippen MR) is 56.9 cm³/mol.